The van der Waals surface area contributed by atoms with Crippen molar-refractivity contribution in [3.63, 3.8) is 0 Å². The van der Waals surface area contributed by atoms with Crippen molar-refractivity contribution in [2.24, 2.45) is 5.92 Å². The molecular weight excluding hydrogens is 530 g/mol. The summed E-state index contributed by atoms with van der Waals surface area (Å²) in [6.07, 6.45) is 2.52. The molecule has 0 unspecified atom stereocenters. The predicted molar refractivity (Wildman–Crippen MR) is 163 cm³/mol. The molecule has 3 aromatic carbocycles. The molecular formula is C34H41N3O5. The van der Waals surface area contributed by atoms with Crippen LogP contribution in [0.25, 0.3) is 0 Å². The number of likely N-dealkylation sites (N-methyl/N-ethyl adjacent to an activating group) is 1. The first-order valence-electron chi connectivity index (χ1n) is 14.8. The lowest BCUT2D eigenvalue weighted by molar-refractivity contribution is -0.143. The van der Waals surface area contributed by atoms with Crippen LogP contribution in [-0.2, 0) is 28.9 Å². The van der Waals surface area contributed by atoms with E-state index in [1.165, 1.54) is 5.56 Å². The van der Waals surface area contributed by atoms with Gasteiger partial charge in [-0.1, -0.05) is 62.4 Å². The van der Waals surface area contributed by atoms with Crippen molar-refractivity contribution in [2.45, 2.75) is 45.1 Å². The fourth-order valence-electron chi connectivity index (χ4n) is 6.27. The van der Waals surface area contributed by atoms with Gasteiger partial charge in [0.25, 0.3) is 0 Å². The van der Waals surface area contributed by atoms with Crippen molar-refractivity contribution >= 4 is 17.6 Å². The smallest absolute Gasteiger partial charge is 0.309 e. The van der Waals surface area contributed by atoms with Gasteiger partial charge >= 0.3 is 5.97 Å². The van der Waals surface area contributed by atoms with E-state index >= 15 is 0 Å². The summed E-state index contributed by atoms with van der Waals surface area (Å²) in [6.45, 7) is 5.75. The number of para-hydroxylation sites is 1. The van der Waals surface area contributed by atoms with E-state index in [-0.39, 0.29) is 25.2 Å². The molecule has 0 aliphatic carbocycles. The lowest BCUT2D eigenvalue weighted by Gasteiger charge is -2.27. The Balaban J connectivity index is 1.47. The van der Waals surface area contributed by atoms with E-state index in [0.29, 0.717) is 18.0 Å². The van der Waals surface area contributed by atoms with Crippen molar-refractivity contribution in [3.05, 3.63) is 88.5 Å². The number of benzene rings is 3. The van der Waals surface area contributed by atoms with Crippen LogP contribution in [0.3, 0.4) is 0 Å². The van der Waals surface area contributed by atoms with Crippen LogP contribution in [-0.4, -0.2) is 67.3 Å². The minimum atomic E-state index is -0.883. The third kappa shape index (κ3) is 6.30. The monoisotopic (exact) mass is 571 g/mol. The highest BCUT2D eigenvalue weighted by Crippen LogP contribution is 2.47. The van der Waals surface area contributed by atoms with E-state index in [9.17, 15) is 14.7 Å². The van der Waals surface area contributed by atoms with E-state index in [2.05, 4.69) is 36.2 Å². The number of aryl methyl sites for hydroxylation is 2. The summed E-state index contributed by atoms with van der Waals surface area (Å²) in [4.78, 5) is 30.7. The first-order chi connectivity index (χ1) is 20.3. The number of carboxylic acid groups (broad SMARTS) is 1. The molecule has 8 heteroatoms. The number of carbonyl (C=O) groups is 2. The number of aliphatic carboxylic acids is 1. The van der Waals surface area contributed by atoms with E-state index < -0.39 is 17.9 Å². The Bertz CT molecular complexity index is 1400. The summed E-state index contributed by atoms with van der Waals surface area (Å²) < 4.78 is 11.1. The maximum absolute atomic E-state index is 13.6. The Morgan fingerprint density at radius 3 is 2.26 bits per heavy atom. The van der Waals surface area contributed by atoms with Crippen molar-refractivity contribution in [3.8, 4) is 11.5 Å². The Labute approximate surface area is 248 Å². The molecule has 0 bridgehead atoms. The van der Waals surface area contributed by atoms with Crippen LogP contribution in [0.5, 0.6) is 11.5 Å². The molecule has 42 heavy (non-hydrogen) atoms. The largest absolute Gasteiger partial charge is 0.481 e. The highest BCUT2D eigenvalue weighted by atomic mass is 16.7. The van der Waals surface area contributed by atoms with Crippen molar-refractivity contribution < 1.29 is 24.2 Å². The number of ether oxygens (including phenoxy) is 2. The number of rotatable bonds is 11. The molecule has 2 aliphatic heterocycles. The number of hydrogen-bond donors (Lipinski definition) is 2. The molecule has 2 N–H and O–H groups in total. The number of likely N-dealkylation sites (tertiary alicyclic amines) is 1. The quantitative estimate of drug-likeness (QED) is 0.330. The number of carboxylic acids is 1. The summed E-state index contributed by atoms with van der Waals surface area (Å²) >= 11 is 0. The lowest BCUT2D eigenvalue weighted by Crippen LogP contribution is -2.35. The Morgan fingerprint density at radius 1 is 0.952 bits per heavy atom. The van der Waals surface area contributed by atoms with Crippen LogP contribution in [0.2, 0.25) is 0 Å². The Hall–Kier alpha value is -3.88. The van der Waals surface area contributed by atoms with Crippen LogP contribution < -0.4 is 14.8 Å². The second-order valence-electron chi connectivity index (χ2n) is 11.5. The number of carbonyl (C=O) groups excluding carboxylic acids is 1. The van der Waals surface area contributed by atoms with Gasteiger partial charge in [-0.3, -0.25) is 14.5 Å². The number of amides is 1. The van der Waals surface area contributed by atoms with Gasteiger partial charge < -0.3 is 24.8 Å². The molecule has 1 amide bonds. The average Bonchev–Trinajstić information content (AvgIpc) is 3.61. The van der Waals surface area contributed by atoms with Crippen LogP contribution in [0.1, 0.15) is 53.6 Å². The van der Waals surface area contributed by atoms with Gasteiger partial charge in [0.2, 0.25) is 12.7 Å². The van der Waals surface area contributed by atoms with Gasteiger partial charge in [-0.25, -0.2) is 0 Å². The number of fused-ring (bicyclic) bond motifs is 1. The molecule has 0 aromatic heterocycles. The number of nitrogens with zero attached hydrogens (tertiary/aromatic N) is 2. The number of hydrogen-bond acceptors (Lipinski definition) is 6. The molecule has 3 atom stereocenters. The van der Waals surface area contributed by atoms with Gasteiger partial charge in [0.05, 0.1) is 12.5 Å². The second-order valence-corrected chi connectivity index (χ2v) is 11.5. The molecule has 0 saturated carbocycles. The van der Waals surface area contributed by atoms with Gasteiger partial charge in [-0.15, -0.1) is 0 Å². The zero-order chi connectivity index (χ0) is 29.8. The third-order valence-corrected chi connectivity index (χ3v) is 8.49. The molecule has 1 fully saturated rings. The molecule has 8 nitrogen and oxygen atoms in total. The van der Waals surface area contributed by atoms with Gasteiger partial charge in [-0.2, -0.15) is 0 Å². The van der Waals surface area contributed by atoms with Gasteiger partial charge in [0.15, 0.2) is 11.5 Å². The Morgan fingerprint density at radius 2 is 1.62 bits per heavy atom. The molecule has 2 aliphatic rings. The standard InChI is InChI=1S/C34H41N3O5/c1-5-23-8-7-9-24(6-2)32(23)35-30(38)20-37-19-27(26-14-15-28-29(18-26)42-21-41-28)31(34(39)40)33(37)25-12-10-22(11-13-25)16-17-36(3)4/h7-15,18,27,31,33H,5-6,16-17,19-21H2,1-4H3,(H,35,38)(H,39,40)/t27-,31-,33+/m1/s1. The Kier molecular flexibility index (Phi) is 9.14. The van der Waals surface area contributed by atoms with Crippen LogP contribution >= 0.6 is 0 Å². The molecule has 5 rings (SSSR count). The van der Waals surface area contributed by atoms with Gasteiger partial charge in [-0.05, 0) is 73.3 Å². The zero-order valence-electron chi connectivity index (χ0n) is 24.9. The second kappa shape index (κ2) is 13.0. The first-order valence-corrected chi connectivity index (χ1v) is 14.8. The summed E-state index contributed by atoms with van der Waals surface area (Å²) in [6, 6.07) is 19.5. The van der Waals surface area contributed by atoms with Crippen molar-refractivity contribution in [1.82, 2.24) is 9.80 Å². The molecule has 0 radical (unpaired) electrons. The molecule has 222 valence electrons. The molecule has 0 spiro atoms. The fraction of sp³-hybridized carbons (Fsp3) is 0.412. The minimum Gasteiger partial charge on any atom is -0.481 e. The summed E-state index contributed by atoms with van der Waals surface area (Å²) in [5.41, 5.74) is 6.01. The van der Waals surface area contributed by atoms with E-state index in [4.69, 9.17) is 9.47 Å². The molecule has 1 saturated heterocycles. The van der Waals surface area contributed by atoms with Gasteiger partial charge in [0, 0.05) is 30.7 Å². The number of nitrogens with one attached hydrogen (secondary N) is 1. The average molecular weight is 572 g/mol. The van der Waals surface area contributed by atoms with Crippen LogP contribution in [0.15, 0.2) is 60.7 Å². The third-order valence-electron chi connectivity index (χ3n) is 8.49. The minimum absolute atomic E-state index is 0.0824. The fourth-order valence-corrected chi connectivity index (χ4v) is 6.27. The topological polar surface area (TPSA) is 91.3 Å². The zero-order valence-corrected chi connectivity index (χ0v) is 24.9. The van der Waals surface area contributed by atoms with E-state index in [1.54, 1.807) is 0 Å². The van der Waals surface area contributed by atoms with Crippen LogP contribution in [0, 0.1) is 5.92 Å². The summed E-state index contributed by atoms with van der Waals surface area (Å²) in [5.74, 6) is -0.832. The SMILES string of the molecule is CCc1cccc(CC)c1NC(=O)CN1C[C@H](c2ccc3c(c2)OCO3)[C@@H](C(=O)O)[C@@H]1c1ccc(CCN(C)C)cc1. The van der Waals surface area contributed by atoms with E-state index in [1.807, 2.05) is 67.5 Å². The van der Waals surface area contributed by atoms with Gasteiger partial charge in [0.1, 0.15) is 0 Å². The van der Waals surface area contributed by atoms with Crippen LogP contribution in [0.4, 0.5) is 5.69 Å². The van der Waals surface area contributed by atoms with Crippen molar-refractivity contribution in [2.75, 3.05) is 45.8 Å². The van der Waals surface area contributed by atoms with E-state index in [0.717, 1.165) is 53.7 Å². The maximum atomic E-state index is 13.6. The summed E-state index contributed by atoms with van der Waals surface area (Å²) in [7, 11) is 4.10. The highest BCUT2D eigenvalue weighted by Gasteiger charge is 2.48. The lowest BCUT2D eigenvalue weighted by atomic mass is 9.82. The molecule has 3 aromatic rings. The molecule has 2 heterocycles. The first kappa shape index (κ1) is 29.6. The summed E-state index contributed by atoms with van der Waals surface area (Å²) in [5, 5.41) is 13.8. The maximum Gasteiger partial charge on any atom is 0.309 e. The highest BCUT2D eigenvalue weighted by molar-refractivity contribution is 5.94. The number of anilines is 1. The predicted octanol–water partition coefficient (Wildman–Crippen LogP) is 5.12. The van der Waals surface area contributed by atoms with Crippen molar-refractivity contribution in [1.29, 1.82) is 0 Å². The normalized spacial score (nSPS) is 19.8.